The fourth-order valence-electron chi connectivity index (χ4n) is 3.91. The lowest BCUT2D eigenvalue weighted by atomic mass is 10.1. The van der Waals surface area contributed by atoms with Gasteiger partial charge in [0.25, 0.3) is 5.91 Å². The highest BCUT2D eigenvalue weighted by molar-refractivity contribution is 6.30. The molecule has 0 saturated heterocycles. The maximum atomic E-state index is 13.6. The monoisotopic (exact) mass is 588 g/mol. The molecule has 0 aliphatic rings. The van der Waals surface area contributed by atoms with Gasteiger partial charge >= 0.3 is 12.1 Å². The molecule has 214 valence electrons. The number of methoxy groups -OCH3 is 1. The Kier molecular flexibility index (Phi) is 8.87. The van der Waals surface area contributed by atoms with E-state index < -0.39 is 35.4 Å². The first kappa shape index (κ1) is 29.5. The van der Waals surface area contributed by atoms with Crippen molar-refractivity contribution in [3.63, 3.8) is 0 Å². The molecule has 1 aromatic heterocycles. The van der Waals surface area contributed by atoms with Crippen LogP contribution < -0.4 is 14.8 Å². The molecule has 0 saturated carbocycles. The van der Waals surface area contributed by atoms with Crippen LogP contribution in [0.3, 0.4) is 0 Å². The number of hydrogen-bond acceptors (Lipinski definition) is 7. The third-order valence-electron chi connectivity index (χ3n) is 6.06. The molecule has 12 heteroatoms. The molecular formula is C29H24ClF3N2O6. The lowest BCUT2D eigenvalue weighted by molar-refractivity contribution is -0.137. The molecule has 41 heavy (non-hydrogen) atoms. The number of benzene rings is 3. The van der Waals surface area contributed by atoms with Crippen LogP contribution in [0.2, 0.25) is 5.02 Å². The molecule has 4 aromatic rings. The molecule has 0 spiro atoms. The molecule has 0 aliphatic carbocycles. The average molecular weight is 589 g/mol. The van der Waals surface area contributed by atoms with E-state index in [1.807, 2.05) is 0 Å². The van der Waals surface area contributed by atoms with Crippen LogP contribution in [0.15, 0.2) is 71.3 Å². The fourth-order valence-corrected chi connectivity index (χ4v) is 4.08. The molecule has 4 rings (SSSR count). The highest BCUT2D eigenvalue weighted by Gasteiger charge is 2.35. The van der Waals surface area contributed by atoms with Gasteiger partial charge in [-0.2, -0.15) is 13.2 Å². The summed E-state index contributed by atoms with van der Waals surface area (Å²) in [6.45, 7) is 3.68. The Morgan fingerprint density at radius 3 is 2.39 bits per heavy atom. The quantitative estimate of drug-likeness (QED) is 0.208. The van der Waals surface area contributed by atoms with Gasteiger partial charge in [-0.15, -0.1) is 0 Å². The maximum Gasteiger partial charge on any atom is 0.418 e. The first-order chi connectivity index (χ1) is 19.5. The van der Waals surface area contributed by atoms with E-state index in [9.17, 15) is 22.8 Å². The topological polar surface area (TPSA) is 99.9 Å². The summed E-state index contributed by atoms with van der Waals surface area (Å²) in [7, 11) is 1.39. The summed E-state index contributed by atoms with van der Waals surface area (Å²) in [6.07, 6.45) is -6.37. The lowest BCUT2D eigenvalue weighted by Crippen LogP contribution is -2.27. The summed E-state index contributed by atoms with van der Waals surface area (Å²) in [5.41, 5.74) is 0.0169. The van der Waals surface area contributed by atoms with E-state index in [2.05, 4.69) is 10.5 Å². The Morgan fingerprint density at radius 2 is 1.76 bits per heavy atom. The van der Waals surface area contributed by atoms with E-state index >= 15 is 0 Å². The van der Waals surface area contributed by atoms with Crippen LogP contribution in [0.25, 0.3) is 0 Å². The van der Waals surface area contributed by atoms with Crippen LogP contribution in [0.4, 0.5) is 18.9 Å². The number of rotatable bonds is 9. The van der Waals surface area contributed by atoms with Crippen LogP contribution in [0, 0.1) is 13.8 Å². The number of hydrogen-bond donors (Lipinski definition) is 1. The molecule has 8 nitrogen and oxygen atoms in total. The number of amides is 1. The second kappa shape index (κ2) is 12.3. The molecule has 1 amide bonds. The number of aryl methyl sites for hydroxylation is 2. The van der Waals surface area contributed by atoms with Crippen molar-refractivity contribution < 1.29 is 41.5 Å². The van der Waals surface area contributed by atoms with Crippen molar-refractivity contribution in [3.8, 4) is 11.5 Å². The number of carbonyl (C=O) groups is 2. The van der Waals surface area contributed by atoms with Gasteiger partial charge in [-0.25, -0.2) is 4.79 Å². The molecule has 0 bridgehead atoms. The van der Waals surface area contributed by atoms with Gasteiger partial charge in [0.2, 0.25) is 6.10 Å². The van der Waals surface area contributed by atoms with E-state index in [1.54, 1.807) is 32.0 Å². The van der Waals surface area contributed by atoms with Crippen LogP contribution in [-0.2, 0) is 22.3 Å². The van der Waals surface area contributed by atoms with Crippen molar-refractivity contribution in [1.29, 1.82) is 0 Å². The van der Waals surface area contributed by atoms with Crippen molar-refractivity contribution in [2.45, 2.75) is 32.7 Å². The normalized spacial score (nSPS) is 12.0. The summed E-state index contributed by atoms with van der Waals surface area (Å²) >= 11 is 5.74. The minimum Gasteiger partial charge on any atom is -0.493 e. The van der Waals surface area contributed by atoms with Crippen molar-refractivity contribution >= 4 is 29.2 Å². The van der Waals surface area contributed by atoms with Crippen molar-refractivity contribution in [3.05, 3.63) is 105 Å². The summed E-state index contributed by atoms with van der Waals surface area (Å²) in [6, 6.07) is 15.1. The number of nitrogens with zero attached hydrogens (tertiary/aromatic N) is 1. The van der Waals surface area contributed by atoms with Crippen LogP contribution in [0.1, 0.15) is 44.6 Å². The fraction of sp³-hybridized carbons (Fsp3) is 0.207. The van der Waals surface area contributed by atoms with Gasteiger partial charge in [0, 0.05) is 10.6 Å². The van der Waals surface area contributed by atoms with Gasteiger partial charge in [0.15, 0.2) is 11.5 Å². The molecular weight excluding hydrogens is 565 g/mol. The number of aromatic nitrogens is 1. The molecule has 3 aromatic carbocycles. The Bertz CT molecular complexity index is 1540. The number of carbonyl (C=O) groups excluding carboxylic acids is 2. The zero-order valence-electron chi connectivity index (χ0n) is 22.0. The summed E-state index contributed by atoms with van der Waals surface area (Å²) in [5, 5.41) is 5.94. The zero-order chi connectivity index (χ0) is 29.7. The SMILES string of the molecule is COc1cc(C(=O)O[C@@H](C(=O)Nc2ccc(Cl)cc2C(F)(F)F)c2ccccc2)ccc1OCc1c(C)noc1C. The Balaban J connectivity index is 1.57. The summed E-state index contributed by atoms with van der Waals surface area (Å²) < 4.78 is 62.6. The van der Waals surface area contributed by atoms with Crippen molar-refractivity contribution in [2.75, 3.05) is 12.4 Å². The smallest absolute Gasteiger partial charge is 0.418 e. The molecule has 1 heterocycles. The standard InChI is InChI=1S/C29H24ClF3N2O6/c1-16-21(17(2)41-35-16)15-39-24-12-9-19(13-25(24)38-3)28(37)40-26(18-7-5-4-6-8-18)27(36)34-23-11-10-20(30)14-22(23)29(31,32)33/h4-14,26H,15H2,1-3H3,(H,34,36)/t26-/m1/s1. The maximum absolute atomic E-state index is 13.6. The van der Waals surface area contributed by atoms with Crippen LogP contribution >= 0.6 is 11.6 Å². The Morgan fingerprint density at radius 1 is 1.02 bits per heavy atom. The van der Waals surface area contributed by atoms with Gasteiger partial charge < -0.3 is 24.1 Å². The summed E-state index contributed by atoms with van der Waals surface area (Å²) in [5.74, 6) is -0.778. The second-order valence-corrected chi connectivity index (χ2v) is 9.27. The van der Waals surface area contributed by atoms with E-state index in [4.69, 9.17) is 30.3 Å². The minimum absolute atomic E-state index is 0.0164. The average Bonchev–Trinajstić information content (AvgIpc) is 3.27. The number of halogens is 4. The van der Waals surface area contributed by atoms with Gasteiger partial charge in [-0.3, -0.25) is 4.79 Å². The highest BCUT2D eigenvalue weighted by atomic mass is 35.5. The number of nitrogens with one attached hydrogen (secondary N) is 1. The molecule has 1 N–H and O–H groups in total. The molecule has 0 unspecified atom stereocenters. The zero-order valence-corrected chi connectivity index (χ0v) is 22.8. The first-order valence-electron chi connectivity index (χ1n) is 12.1. The van der Waals surface area contributed by atoms with E-state index in [0.717, 1.165) is 11.6 Å². The highest BCUT2D eigenvalue weighted by Crippen LogP contribution is 2.37. The van der Waals surface area contributed by atoms with Gasteiger partial charge in [-0.1, -0.05) is 47.1 Å². The predicted molar refractivity (Wildman–Crippen MR) is 143 cm³/mol. The first-order valence-corrected chi connectivity index (χ1v) is 12.5. The number of alkyl halides is 3. The van der Waals surface area contributed by atoms with Crippen molar-refractivity contribution in [2.24, 2.45) is 0 Å². The lowest BCUT2D eigenvalue weighted by Gasteiger charge is -2.20. The third-order valence-corrected chi connectivity index (χ3v) is 6.30. The molecule has 0 radical (unpaired) electrons. The number of esters is 1. The van der Waals surface area contributed by atoms with Crippen molar-refractivity contribution in [1.82, 2.24) is 5.16 Å². The van der Waals surface area contributed by atoms with Gasteiger partial charge in [0.1, 0.15) is 12.4 Å². The van der Waals surface area contributed by atoms with Crippen LogP contribution in [0.5, 0.6) is 11.5 Å². The van der Waals surface area contributed by atoms with E-state index in [-0.39, 0.29) is 28.5 Å². The van der Waals surface area contributed by atoms with Gasteiger partial charge in [-0.05, 0) is 50.2 Å². The third kappa shape index (κ3) is 6.98. The second-order valence-electron chi connectivity index (χ2n) is 8.83. The predicted octanol–water partition coefficient (Wildman–Crippen LogP) is 7.09. The van der Waals surface area contributed by atoms with E-state index in [1.165, 1.54) is 43.5 Å². The van der Waals surface area contributed by atoms with Gasteiger partial charge in [0.05, 0.1) is 35.2 Å². The Hall–Kier alpha value is -4.51. The number of anilines is 1. The number of ether oxygens (including phenoxy) is 3. The molecule has 0 fully saturated rings. The Labute approximate surface area is 238 Å². The van der Waals surface area contributed by atoms with Crippen LogP contribution in [-0.4, -0.2) is 24.1 Å². The molecule has 1 atom stereocenters. The minimum atomic E-state index is -4.79. The van der Waals surface area contributed by atoms with E-state index in [0.29, 0.717) is 23.3 Å². The summed E-state index contributed by atoms with van der Waals surface area (Å²) in [4.78, 5) is 26.4. The largest absolute Gasteiger partial charge is 0.493 e. The molecule has 0 aliphatic heterocycles.